The van der Waals surface area contributed by atoms with Crippen molar-refractivity contribution in [1.29, 1.82) is 0 Å². The van der Waals surface area contributed by atoms with Gasteiger partial charge in [0.1, 0.15) is 11.9 Å². The monoisotopic (exact) mass is 309 g/mol. The van der Waals surface area contributed by atoms with E-state index in [0.29, 0.717) is 6.07 Å². The lowest BCUT2D eigenvalue weighted by molar-refractivity contribution is -0.154. The first-order chi connectivity index (χ1) is 8.12. The van der Waals surface area contributed by atoms with Gasteiger partial charge in [-0.25, -0.2) is 13.2 Å². The Labute approximate surface area is 110 Å². The van der Waals surface area contributed by atoms with Gasteiger partial charge in [-0.15, -0.1) is 12.4 Å². The van der Waals surface area contributed by atoms with Gasteiger partial charge in [-0.3, -0.25) is 0 Å². The van der Waals surface area contributed by atoms with Gasteiger partial charge in [-0.2, -0.15) is 13.2 Å². The van der Waals surface area contributed by atoms with E-state index < -0.39 is 47.8 Å². The van der Waals surface area contributed by atoms with Gasteiger partial charge >= 0.3 is 6.18 Å². The summed E-state index contributed by atoms with van der Waals surface area (Å²) in [6, 6.07) is -1.94. The quantitative estimate of drug-likeness (QED) is 0.666. The molecule has 0 amide bonds. The van der Waals surface area contributed by atoms with Crippen LogP contribution in [0.25, 0.3) is 0 Å². The topological polar surface area (TPSA) is 46.2 Å². The van der Waals surface area contributed by atoms with Gasteiger partial charge in [0, 0.05) is 18.1 Å². The fraction of sp³-hybridized carbons (Fsp3) is 0.400. The summed E-state index contributed by atoms with van der Waals surface area (Å²) in [7, 11) is 0. The average Bonchev–Trinajstić information content (AvgIpc) is 2.21. The molecule has 19 heavy (non-hydrogen) atoms. The number of rotatable bonds is 3. The third kappa shape index (κ3) is 4.55. The number of halogens is 7. The van der Waals surface area contributed by atoms with E-state index in [-0.39, 0.29) is 18.5 Å². The summed E-state index contributed by atoms with van der Waals surface area (Å²) < 4.78 is 74.8. The molecule has 0 aliphatic carbocycles. The Morgan fingerprint density at radius 1 is 1.05 bits per heavy atom. The fourth-order valence-electron chi connectivity index (χ4n) is 1.29. The van der Waals surface area contributed by atoms with E-state index in [1.54, 1.807) is 0 Å². The van der Waals surface area contributed by atoms with Crippen LogP contribution in [0.3, 0.4) is 0 Å². The molecule has 0 aromatic heterocycles. The molecule has 3 N–H and O–H groups in total. The first-order valence-corrected chi connectivity index (χ1v) is 4.77. The summed E-state index contributed by atoms with van der Waals surface area (Å²) in [6.45, 7) is 0. The van der Waals surface area contributed by atoms with Gasteiger partial charge < -0.3 is 10.8 Å². The smallest absolute Gasteiger partial charge is 0.388 e. The number of aliphatic hydroxyl groups excluding tert-OH is 1. The predicted molar refractivity (Wildman–Crippen MR) is 57.2 cm³/mol. The summed E-state index contributed by atoms with van der Waals surface area (Å²) >= 11 is 0. The number of benzene rings is 1. The van der Waals surface area contributed by atoms with Crippen molar-refractivity contribution >= 4 is 12.4 Å². The van der Waals surface area contributed by atoms with E-state index in [4.69, 9.17) is 5.73 Å². The zero-order valence-corrected chi connectivity index (χ0v) is 10.0. The van der Waals surface area contributed by atoms with Crippen molar-refractivity contribution in [2.75, 3.05) is 0 Å². The Morgan fingerprint density at radius 3 is 2.00 bits per heavy atom. The van der Waals surface area contributed by atoms with E-state index in [2.05, 4.69) is 0 Å². The van der Waals surface area contributed by atoms with Crippen molar-refractivity contribution in [2.24, 2.45) is 5.73 Å². The van der Waals surface area contributed by atoms with Crippen molar-refractivity contribution in [2.45, 2.75) is 24.7 Å². The normalized spacial score (nSPS) is 14.7. The van der Waals surface area contributed by atoms with Crippen LogP contribution in [0.2, 0.25) is 0 Å². The molecule has 9 heteroatoms. The number of aliphatic hydroxyl groups is 1. The second-order valence-electron chi connectivity index (χ2n) is 3.69. The molecule has 0 unspecified atom stereocenters. The molecule has 0 aliphatic rings. The molecule has 1 aromatic carbocycles. The first kappa shape index (κ1) is 18.0. The Morgan fingerprint density at radius 2 is 1.53 bits per heavy atom. The number of hydrogen-bond acceptors (Lipinski definition) is 2. The van der Waals surface area contributed by atoms with E-state index in [1.807, 2.05) is 0 Å². The fourth-order valence-corrected chi connectivity index (χ4v) is 1.29. The Bertz CT molecular complexity index is 439. The highest BCUT2D eigenvalue weighted by atomic mass is 35.5. The molecule has 110 valence electrons. The second kappa shape index (κ2) is 6.44. The van der Waals surface area contributed by atoms with Gasteiger partial charge in [-0.1, -0.05) is 0 Å². The maximum atomic E-state index is 13.1. The first-order valence-electron chi connectivity index (χ1n) is 4.77. The molecule has 2 nitrogen and oxygen atoms in total. The van der Waals surface area contributed by atoms with Gasteiger partial charge in [0.2, 0.25) is 0 Å². The van der Waals surface area contributed by atoms with Crippen LogP contribution in [-0.4, -0.2) is 17.3 Å². The van der Waals surface area contributed by atoms with Crippen LogP contribution in [0, 0.1) is 17.5 Å². The zero-order valence-electron chi connectivity index (χ0n) is 9.22. The number of nitrogens with two attached hydrogens (primary N) is 1. The van der Waals surface area contributed by atoms with Crippen molar-refractivity contribution < 1.29 is 31.4 Å². The van der Waals surface area contributed by atoms with Gasteiger partial charge in [0.25, 0.3) is 0 Å². The molecule has 0 saturated carbocycles. The molecule has 0 saturated heterocycles. The SMILES string of the molecule is Cl.N[C@@H](C[C@H](O)c1cc(F)c(F)cc1F)C(F)(F)F. The molecule has 1 rings (SSSR count). The summed E-state index contributed by atoms with van der Waals surface area (Å²) in [5.41, 5.74) is 3.96. The molecule has 2 atom stereocenters. The molecule has 0 fully saturated rings. The predicted octanol–water partition coefficient (Wildman–Crippen LogP) is 2.84. The minimum absolute atomic E-state index is 0. The third-order valence-corrected chi connectivity index (χ3v) is 2.30. The summed E-state index contributed by atoms with van der Waals surface area (Å²) in [5, 5.41) is 9.34. The van der Waals surface area contributed by atoms with Crippen LogP contribution >= 0.6 is 12.4 Å². The highest BCUT2D eigenvalue weighted by molar-refractivity contribution is 5.85. The van der Waals surface area contributed by atoms with Crippen molar-refractivity contribution in [1.82, 2.24) is 0 Å². The van der Waals surface area contributed by atoms with Gasteiger partial charge in [0.15, 0.2) is 11.6 Å². The van der Waals surface area contributed by atoms with Gasteiger partial charge in [-0.05, 0) is 6.07 Å². The largest absolute Gasteiger partial charge is 0.403 e. The van der Waals surface area contributed by atoms with Crippen molar-refractivity contribution in [3.8, 4) is 0 Å². The van der Waals surface area contributed by atoms with Crippen LogP contribution in [0.1, 0.15) is 18.1 Å². The maximum Gasteiger partial charge on any atom is 0.403 e. The van der Waals surface area contributed by atoms with E-state index in [1.165, 1.54) is 0 Å². The van der Waals surface area contributed by atoms with Gasteiger partial charge in [0.05, 0.1) is 6.10 Å². The van der Waals surface area contributed by atoms with E-state index in [9.17, 15) is 31.4 Å². The maximum absolute atomic E-state index is 13.1. The summed E-state index contributed by atoms with van der Waals surface area (Å²) in [4.78, 5) is 0. The Kier molecular flexibility index (Phi) is 6.11. The van der Waals surface area contributed by atoms with Crippen LogP contribution in [0.4, 0.5) is 26.3 Å². The molecule has 0 spiro atoms. The molecular formula is C10H10ClF6NO. The second-order valence-corrected chi connectivity index (χ2v) is 3.69. The van der Waals surface area contributed by atoms with Crippen molar-refractivity contribution in [3.05, 3.63) is 35.1 Å². The van der Waals surface area contributed by atoms with Crippen LogP contribution in [-0.2, 0) is 0 Å². The van der Waals surface area contributed by atoms with Crippen LogP contribution in [0.15, 0.2) is 12.1 Å². The molecule has 0 radical (unpaired) electrons. The minimum atomic E-state index is -4.77. The van der Waals surface area contributed by atoms with E-state index >= 15 is 0 Å². The number of hydrogen-bond donors (Lipinski definition) is 2. The third-order valence-electron chi connectivity index (χ3n) is 2.30. The number of alkyl halides is 3. The Hall–Kier alpha value is -0.990. The molecule has 1 aromatic rings. The summed E-state index contributed by atoms with van der Waals surface area (Å²) in [5.74, 6) is -4.30. The lowest BCUT2D eigenvalue weighted by Crippen LogP contribution is -2.38. The molecule has 0 bridgehead atoms. The van der Waals surface area contributed by atoms with Crippen LogP contribution in [0.5, 0.6) is 0 Å². The van der Waals surface area contributed by atoms with Crippen molar-refractivity contribution in [3.63, 3.8) is 0 Å². The minimum Gasteiger partial charge on any atom is -0.388 e. The molecule has 0 heterocycles. The molecule has 0 aliphatic heterocycles. The molecular weight excluding hydrogens is 300 g/mol. The Balaban J connectivity index is 0.00000324. The zero-order chi connectivity index (χ0) is 14.1. The standard InChI is InChI=1S/C10H9F6NO.ClH/c11-5-2-7(13)6(12)1-4(5)8(18)3-9(17)10(14,15)16;/h1-2,8-9,18H,3,17H2;1H/t8-,9-;/m0./s1. The average molecular weight is 310 g/mol. The summed E-state index contributed by atoms with van der Waals surface area (Å²) in [6.07, 6.45) is -7.79. The van der Waals surface area contributed by atoms with E-state index in [0.717, 1.165) is 0 Å². The lowest BCUT2D eigenvalue weighted by Gasteiger charge is -2.19. The van der Waals surface area contributed by atoms with Crippen LogP contribution < -0.4 is 5.73 Å². The lowest BCUT2D eigenvalue weighted by atomic mass is 10.0. The highest BCUT2D eigenvalue weighted by Gasteiger charge is 2.38. The highest BCUT2D eigenvalue weighted by Crippen LogP contribution is 2.28.